The summed E-state index contributed by atoms with van der Waals surface area (Å²) in [5.74, 6) is 0.168. The number of carbonyl (C=O) groups excluding carboxylic acids is 2. The summed E-state index contributed by atoms with van der Waals surface area (Å²) in [5.41, 5.74) is 2.60. The number of hydrogen-bond donors (Lipinski definition) is 1. The Morgan fingerprint density at radius 1 is 1.09 bits per heavy atom. The van der Waals surface area contributed by atoms with Crippen LogP contribution in [0.3, 0.4) is 0 Å². The summed E-state index contributed by atoms with van der Waals surface area (Å²) in [7, 11) is -2.14. The number of hydrogen-bond acceptors (Lipinski definition) is 5. The summed E-state index contributed by atoms with van der Waals surface area (Å²) >= 11 is 0. The summed E-state index contributed by atoms with van der Waals surface area (Å²) in [6, 6.07) is 12.4. The molecule has 2 heterocycles. The minimum absolute atomic E-state index is 0.0453. The van der Waals surface area contributed by atoms with Gasteiger partial charge in [-0.2, -0.15) is 4.31 Å². The molecule has 2 aliphatic rings. The maximum absolute atomic E-state index is 13.4. The van der Waals surface area contributed by atoms with Gasteiger partial charge in [0.2, 0.25) is 21.8 Å². The standard InChI is InChI=1S/C25H31N3O5S/c1-18(29)28-14-4-5-20-15-23(11-12-24(20)28)34(31,32)27-13-3-6-21(17-27)25(30)26-16-19-7-9-22(33-2)10-8-19/h7-12,15,21H,3-6,13-14,16-17H2,1-2H3,(H,26,30). The van der Waals surface area contributed by atoms with Gasteiger partial charge in [0.05, 0.1) is 17.9 Å². The fourth-order valence-electron chi connectivity index (χ4n) is 4.66. The highest BCUT2D eigenvalue weighted by Crippen LogP contribution is 2.31. The van der Waals surface area contributed by atoms with E-state index >= 15 is 0 Å². The van der Waals surface area contributed by atoms with Crippen molar-refractivity contribution in [2.45, 2.75) is 44.0 Å². The molecule has 1 unspecified atom stereocenters. The van der Waals surface area contributed by atoms with Gasteiger partial charge in [-0.1, -0.05) is 12.1 Å². The SMILES string of the molecule is COc1ccc(CNC(=O)C2CCCN(S(=O)(=O)c3ccc4c(c3)CCCN4C(C)=O)C2)cc1. The Morgan fingerprint density at radius 3 is 2.56 bits per heavy atom. The zero-order valence-electron chi connectivity index (χ0n) is 19.6. The number of fused-ring (bicyclic) bond motifs is 1. The van der Waals surface area contributed by atoms with Crippen molar-refractivity contribution in [2.24, 2.45) is 5.92 Å². The molecular weight excluding hydrogens is 454 g/mol. The molecule has 0 saturated carbocycles. The van der Waals surface area contributed by atoms with Gasteiger partial charge in [0.25, 0.3) is 0 Å². The average molecular weight is 486 g/mol. The quantitative estimate of drug-likeness (QED) is 0.679. The molecule has 0 aromatic heterocycles. The lowest BCUT2D eigenvalue weighted by Gasteiger charge is -2.32. The average Bonchev–Trinajstić information content (AvgIpc) is 2.86. The first kappa shape index (κ1) is 24.2. The summed E-state index contributed by atoms with van der Waals surface area (Å²) in [4.78, 5) is 26.6. The lowest BCUT2D eigenvalue weighted by Crippen LogP contribution is -2.45. The number of nitrogens with one attached hydrogen (secondary N) is 1. The van der Waals surface area contributed by atoms with Crippen molar-refractivity contribution < 1.29 is 22.7 Å². The number of methoxy groups -OCH3 is 1. The van der Waals surface area contributed by atoms with Gasteiger partial charge >= 0.3 is 0 Å². The Bertz CT molecular complexity index is 1160. The lowest BCUT2D eigenvalue weighted by atomic mass is 9.99. The van der Waals surface area contributed by atoms with Crippen LogP contribution in [0, 0.1) is 5.92 Å². The van der Waals surface area contributed by atoms with Crippen LogP contribution in [-0.4, -0.2) is 51.3 Å². The van der Waals surface area contributed by atoms with Crippen LogP contribution >= 0.6 is 0 Å². The number of carbonyl (C=O) groups is 2. The lowest BCUT2D eigenvalue weighted by molar-refractivity contribution is -0.126. The summed E-state index contributed by atoms with van der Waals surface area (Å²) in [5, 5.41) is 2.94. The van der Waals surface area contributed by atoms with E-state index in [9.17, 15) is 18.0 Å². The molecule has 8 nitrogen and oxygen atoms in total. The highest BCUT2D eigenvalue weighted by atomic mass is 32.2. The van der Waals surface area contributed by atoms with Crippen molar-refractivity contribution in [1.82, 2.24) is 9.62 Å². The summed E-state index contributed by atoms with van der Waals surface area (Å²) < 4.78 is 33.4. The molecule has 2 aromatic carbocycles. The maximum Gasteiger partial charge on any atom is 0.243 e. The summed E-state index contributed by atoms with van der Waals surface area (Å²) in [6.07, 6.45) is 2.82. The van der Waals surface area contributed by atoms with E-state index in [2.05, 4.69) is 5.32 Å². The van der Waals surface area contributed by atoms with Gasteiger partial charge in [-0.15, -0.1) is 0 Å². The molecule has 182 valence electrons. The molecule has 2 amide bonds. The fourth-order valence-corrected chi connectivity index (χ4v) is 6.24. The number of rotatable bonds is 6. The number of ether oxygens (including phenoxy) is 1. The number of piperidine rings is 1. The van der Waals surface area contributed by atoms with Crippen LogP contribution in [0.1, 0.15) is 37.3 Å². The molecule has 2 aliphatic heterocycles. The predicted octanol–water partition coefficient (Wildman–Crippen LogP) is 2.71. The van der Waals surface area contributed by atoms with Crippen LogP contribution in [0.15, 0.2) is 47.4 Å². The monoisotopic (exact) mass is 485 g/mol. The number of nitrogens with zero attached hydrogens (tertiary/aromatic N) is 2. The van der Waals surface area contributed by atoms with Crippen molar-refractivity contribution in [3.05, 3.63) is 53.6 Å². The number of aryl methyl sites for hydroxylation is 1. The van der Waals surface area contributed by atoms with E-state index in [-0.39, 0.29) is 23.3 Å². The van der Waals surface area contributed by atoms with E-state index in [4.69, 9.17) is 4.74 Å². The second-order valence-electron chi connectivity index (χ2n) is 8.83. The minimum Gasteiger partial charge on any atom is -0.497 e. The molecule has 0 aliphatic carbocycles. The Labute approximate surface area is 200 Å². The molecule has 0 bridgehead atoms. The molecule has 1 saturated heterocycles. The van der Waals surface area contributed by atoms with Crippen LogP contribution in [0.5, 0.6) is 5.75 Å². The molecular formula is C25H31N3O5S. The van der Waals surface area contributed by atoms with Crippen LogP contribution in [0.25, 0.3) is 0 Å². The van der Waals surface area contributed by atoms with Crippen molar-refractivity contribution in [3.63, 3.8) is 0 Å². The van der Waals surface area contributed by atoms with E-state index in [0.29, 0.717) is 32.5 Å². The molecule has 1 N–H and O–H groups in total. The van der Waals surface area contributed by atoms with Crippen molar-refractivity contribution >= 4 is 27.5 Å². The van der Waals surface area contributed by atoms with Crippen LogP contribution in [-0.2, 0) is 32.6 Å². The Hall–Kier alpha value is -2.91. The van der Waals surface area contributed by atoms with Crippen LogP contribution < -0.4 is 15.0 Å². The topological polar surface area (TPSA) is 96.0 Å². The molecule has 2 aromatic rings. The maximum atomic E-state index is 13.4. The number of anilines is 1. The first-order valence-electron chi connectivity index (χ1n) is 11.6. The fraction of sp³-hybridized carbons (Fsp3) is 0.440. The molecule has 0 spiro atoms. The third kappa shape index (κ3) is 5.10. The third-order valence-corrected chi connectivity index (χ3v) is 8.43. The van der Waals surface area contributed by atoms with Crippen LogP contribution in [0.2, 0.25) is 0 Å². The van der Waals surface area contributed by atoms with E-state index in [1.54, 1.807) is 30.2 Å². The van der Waals surface area contributed by atoms with Gasteiger partial charge in [0.1, 0.15) is 5.75 Å². The Morgan fingerprint density at radius 2 is 1.85 bits per heavy atom. The van der Waals surface area contributed by atoms with Gasteiger partial charge < -0.3 is 15.0 Å². The van der Waals surface area contributed by atoms with Crippen molar-refractivity contribution in [1.29, 1.82) is 0 Å². The molecule has 0 radical (unpaired) electrons. The number of amides is 2. The zero-order chi connectivity index (χ0) is 24.3. The van der Waals surface area contributed by atoms with Gasteiger partial charge in [0, 0.05) is 38.8 Å². The van der Waals surface area contributed by atoms with Crippen molar-refractivity contribution in [3.8, 4) is 5.75 Å². The van der Waals surface area contributed by atoms with Gasteiger partial charge in [0.15, 0.2) is 0 Å². The van der Waals surface area contributed by atoms with E-state index < -0.39 is 15.9 Å². The first-order valence-corrected chi connectivity index (χ1v) is 13.1. The number of benzene rings is 2. The smallest absolute Gasteiger partial charge is 0.243 e. The van der Waals surface area contributed by atoms with E-state index in [1.165, 1.54) is 11.2 Å². The van der Waals surface area contributed by atoms with Gasteiger partial charge in [-0.05, 0) is 67.1 Å². The molecule has 9 heteroatoms. The predicted molar refractivity (Wildman–Crippen MR) is 129 cm³/mol. The third-order valence-electron chi connectivity index (χ3n) is 6.57. The van der Waals surface area contributed by atoms with Gasteiger partial charge in [-0.25, -0.2) is 8.42 Å². The Kier molecular flexibility index (Phi) is 7.23. The van der Waals surface area contributed by atoms with Crippen LogP contribution in [0.4, 0.5) is 5.69 Å². The molecule has 1 atom stereocenters. The molecule has 1 fully saturated rings. The zero-order valence-corrected chi connectivity index (χ0v) is 20.4. The highest BCUT2D eigenvalue weighted by molar-refractivity contribution is 7.89. The van der Waals surface area contributed by atoms with E-state index in [1.807, 2.05) is 24.3 Å². The Balaban J connectivity index is 1.43. The van der Waals surface area contributed by atoms with E-state index in [0.717, 1.165) is 35.4 Å². The normalized spacial score (nSPS) is 18.8. The van der Waals surface area contributed by atoms with Crippen molar-refractivity contribution in [2.75, 3.05) is 31.6 Å². The van der Waals surface area contributed by atoms with Gasteiger partial charge in [-0.3, -0.25) is 9.59 Å². The highest BCUT2D eigenvalue weighted by Gasteiger charge is 2.34. The minimum atomic E-state index is -3.74. The largest absolute Gasteiger partial charge is 0.497 e. The second kappa shape index (κ2) is 10.1. The second-order valence-corrected chi connectivity index (χ2v) is 10.8. The first-order chi connectivity index (χ1) is 16.3. The summed E-state index contributed by atoms with van der Waals surface area (Å²) in [6.45, 7) is 3.10. The molecule has 4 rings (SSSR count). The molecule has 34 heavy (non-hydrogen) atoms. The number of sulfonamides is 1.